The summed E-state index contributed by atoms with van der Waals surface area (Å²) in [4.78, 5) is 28.3. The number of hydrogen-bond donors (Lipinski definition) is 1. The molecular formula is C24H24N2O4. The molecular weight excluding hydrogens is 380 g/mol. The Morgan fingerprint density at radius 2 is 2.07 bits per heavy atom. The van der Waals surface area contributed by atoms with Crippen LogP contribution in [0.3, 0.4) is 0 Å². The molecule has 0 aliphatic carbocycles. The maximum atomic E-state index is 13.3. The molecule has 0 saturated carbocycles. The molecule has 2 amide bonds. The zero-order chi connectivity index (χ0) is 20.7. The first kappa shape index (κ1) is 18.9. The van der Waals surface area contributed by atoms with Gasteiger partial charge in [-0.05, 0) is 24.1 Å². The van der Waals surface area contributed by atoms with Crippen molar-refractivity contribution in [2.45, 2.75) is 18.1 Å². The minimum atomic E-state index is -0.686. The number of methoxy groups -OCH3 is 1. The Hall–Kier alpha value is -3.12. The largest absolute Gasteiger partial charge is 0.497 e. The second-order valence-corrected chi connectivity index (χ2v) is 8.12. The lowest BCUT2D eigenvalue weighted by molar-refractivity contribution is -0.135. The molecule has 4 unspecified atom stereocenters. The number of hydrogen-bond acceptors (Lipinski definition) is 4. The van der Waals surface area contributed by atoms with E-state index in [0.717, 1.165) is 6.42 Å². The normalized spacial score (nSPS) is 28.6. The molecule has 3 aliphatic rings. The molecule has 1 spiro atoms. The number of nitrogens with zero attached hydrogens (tertiary/aromatic N) is 1. The number of carbonyl (C=O) groups excluding carboxylic acids is 2. The predicted molar refractivity (Wildman–Crippen MR) is 112 cm³/mol. The average molecular weight is 404 g/mol. The highest BCUT2D eigenvalue weighted by molar-refractivity contribution is 5.99. The summed E-state index contributed by atoms with van der Waals surface area (Å²) in [6.07, 6.45) is 4.34. The van der Waals surface area contributed by atoms with Gasteiger partial charge in [-0.3, -0.25) is 9.59 Å². The summed E-state index contributed by atoms with van der Waals surface area (Å²) in [5.41, 5.74) is 1.15. The van der Waals surface area contributed by atoms with Crippen molar-refractivity contribution in [2.75, 3.05) is 25.5 Å². The molecule has 2 saturated heterocycles. The number of anilines is 1. The summed E-state index contributed by atoms with van der Waals surface area (Å²) in [5, 5.41) is 2.94. The van der Waals surface area contributed by atoms with Gasteiger partial charge in [0.2, 0.25) is 11.8 Å². The summed E-state index contributed by atoms with van der Waals surface area (Å²) in [6, 6.07) is 17.3. The Kier molecular flexibility index (Phi) is 4.59. The molecule has 0 radical (unpaired) electrons. The second-order valence-electron chi connectivity index (χ2n) is 8.12. The van der Waals surface area contributed by atoms with Gasteiger partial charge in [0, 0.05) is 18.3 Å². The van der Waals surface area contributed by atoms with E-state index in [0.29, 0.717) is 24.5 Å². The van der Waals surface area contributed by atoms with Crippen LogP contribution < -0.4 is 10.1 Å². The van der Waals surface area contributed by atoms with E-state index in [-0.39, 0.29) is 17.9 Å². The van der Waals surface area contributed by atoms with Crippen LogP contribution in [0.15, 0.2) is 66.7 Å². The van der Waals surface area contributed by atoms with Gasteiger partial charge in [0.15, 0.2) is 0 Å². The van der Waals surface area contributed by atoms with Gasteiger partial charge in [-0.2, -0.15) is 0 Å². The number of fused-ring (bicyclic) bond motifs is 1. The fourth-order valence-electron chi connectivity index (χ4n) is 4.90. The van der Waals surface area contributed by atoms with Crippen molar-refractivity contribution in [1.29, 1.82) is 0 Å². The standard InChI is InChI=1S/C24H24N2O4/c1-29-18-9-5-8-17(14-18)25-22(27)20-19-10-12-24(30-19)15-26(23(28)21(20)24)13-11-16-6-3-2-4-7-16/h2-10,12,14,19-21H,11,13,15H2,1H3,(H,25,27). The molecule has 2 bridgehead atoms. The van der Waals surface area contributed by atoms with E-state index in [1.165, 1.54) is 5.56 Å². The molecule has 2 aromatic rings. The number of carbonyl (C=O) groups is 2. The average Bonchev–Trinajstić information content (AvgIpc) is 3.41. The lowest BCUT2D eigenvalue weighted by Gasteiger charge is -2.23. The monoisotopic (exact) mass is 404 g/mol. The fraction of sp³-hybridized carbons (Fsp3) is 0.333. The highest BCUT2D eigenvalue weighted by Crippen LogP contribution is 2.52. The summed E-state index contributed by atoms with van der Waals surface area (Å²) in [5.74, 6) is -0.534. The Bertz CT molecular complexity index is 1010. The van der Waals surface area contributed by atoms with E-state index in [4.69, 9.17) is 9.47 Å². The molecule has 4 atom stereocenters. The Labute approximate surface area is 175 Å². The van der Waals surface area contributed by atoms with Gasteiger partial charge < -0.3 is 19.7 Å². The van der Waals surface area contributed by atoms with E-state index in [1.807, 2.05) is 53.5 Å². The minimum absolute atomic E-state index is 0.00331. The second kappa shape index (κ2) is 7.29. The molecule has 6 nitrogen and oxygen atoms in total. The number of ether oxygens (including phenoxy) is 2. The summed E-state index contributed by atoms with van der Waals surface area (Å²) >= 11 is 0. The van der Waals surface area contributed by atoms with Crippen LogP contribution in [0.2, 0.25) is 0 Å². The van der Waals surface area contributed by atoms with Crippen LogP contribution in [0.25, 0.3) is 0 Å². The lowest BCUT2D eigenvalue weighted by atomic mass is 9.77. The lowest BCUT2D eigenvalue weighted by Crippen LogP contribution is -2.41. The molecule has 1 N–H and O–H groups in total. The number of amides is 2. The summed E-state index contributed by atoms with van der Waals surface area (Å²) in [7, 11) is 1.58. The molecule has 0 aromatic heterocycles. The van der Waals surface area contributed by atoms with Crippen molar-refractivity contribution in [3.63, 3.8) is 0 Å². The molecule has 6 heteroatoms. The SMILES string of the molecule is COc1cccc(NC(=O)C2C3C=CC4(CN(CCc5ccccc5)C(=O)C24)O3)c1. The smallest absolute Gasteiger partial charge is 0.231 e. The van der Waals surface area contributed by atoms with Crippen molar-refractivity contribution >= 4 is 17.5 Å². The third-order valence-electron chi connectivity index (χ3n) is 6.33. The molecule has 5 rings (SSSR count). The van der Waals surface area contributed by atoms with Crippen LogP contribution in [-0.4, -0.2) is 48.6 Å². The first-order valence-corrected chi connectivity index (χ1v) is 10.2. The third-order valence-corrected chi connectivity index (χ3v) is 6.33. The van der Waals surface area contributed by atoms with Gasteiger partial charge in [-0.25, -0.2) is 0 Å². The molecule has 154 valence electrons. The molecule has 3 heterocycles. The van der Waals surface area contributed by atoms with E-state index >= 15 is 0 Å². The fourth-order valence-corrected chi connectivity index (χ4v) is 4.90. The summed E-state index contributed by atoms with van der Waals surface area (Å²) < 4.78 is 11.4. The maximum absolute atomic E-state index is 13.3. The Morgan fingerprint density at radius 3 is 2.87 bits per heavy atom. The van der Waals surface area contributed by atoms with Gasteiger partial charge >= 0.3 is 0 Å². The van der Waals surface area contributed by atoms with Gasteiger partial charge in [-0.1, -0.05) is 48.6 Å². The topological polar surface area (TPSA) is 67.9 Å². The zero-order valence-electron chi connectivity index (χ0n) is 16.8. The van der Waals surface area contributed by atoms with E-state index in [2.05, 4.69) is 17.4 Å². The van der Waals surface area contributed by atoms with Crippen LogP contribution in [0.1, 0.15) is 5.56 Å². The molecule has 2 fully saturated rings. The van der Waals surface area contributed by atoms with Crippen LogP contribution in [0, 0.1) is 11.8 Å². The van der Waals surface area contributed by atoms with Gasteiger partial charge in [0.25, 0.3) is 0 Å². The minimum Gasteiger partial charge on any atom is -0.497 e. The molecule has 3 aliphatic heterocycles. The third kappa shape index (κ3) is 3.08. The van der Waals surface area contributed by atoms with E-state index in [9.17, 15) is 9.59 Å². The van der Waals surface area contributed by atoms with Crippen molar-refractivity contribution in [2.24, 2.45) is 11.8 Å². The van der Waals surface area contributed by atoms with Crippen LogP contribution in [0.5, 0.6) is 5.75 Å². The number of benzene rings is 2. The van der Waals surface area contributed by atoms with Crippen LogP contribution in [0.4, 0.5) is 5.69 Å². The van der Waals surface area contributed by atoms with Crippen LogP contribution >= 0.6 is 0 Å². The number of rotatable bonds is 6. The van der Waals surface area contributed by atoms with Crippen molar-refractivity contribution in [3.8, 4) is 5.75 Å². The quantitative estimate of drug-likeness (QED) is 0.752. The van der Waals surface area contributed by atoms with Gasteiger partial charge in [-0.15, -0.1) is 0 Å². The molecule has 30 heavy (non-hydrogen) atoms. The number of nitrogens with one attached hydrogen (secondary N) is 1. The van der Waals surface area contributed by atoms with Crippen LogP contribution in [-0.2, 0) is 20.7 Å². The molecule has 2 aromatic carbocycles. The highest BCUT2D eigenvalue weighted by Gasteiger charge is 2.66. The first-order valence-electron chi connectivity index (χ1n) is 10.2. The summed E-state index contributed by atoms with van der Waals surface area (Å²) in [6.45, 7) is 1.12. The van der Waals surface area contributed by atoms with Crippen molar-refractivity contribution < 1.29 is 19.1 Å². The van der Waals surface area contributed by atoms with E-state index in [1.54, 1.807) is 13.2 Å². The Balaban J connectivity index is 1.32. The highest BCUT2D eigenvalue weighted by atomic mass is 16.5. The first-order chi connectivity index (χ1) is 14.6. The predicted octanol–water partition coefficient (Wildman–Crippen LogP) is 2.66. The van der Waals surface area contributed by atoms with Gasteiger partial charge in [0.1, 0.15) is 11.4 Å². The number of likely N-dealkylation sites (tertiary alicyclic amines) is 1. The van der Waals surface area contributed by atoms with Crippen molar-refractivity contribution in [1.82, 2.24) is 4.90 Å². The van der Waals surface area contributed by atoms with Gasteiger partial charge in [0.05, 0.1) is 31.6 Å². The maximum Gasteiger partial charge on any atom is 0.231 e. The zero-order valence-corrected chi connectivity index (χ0v) is 16.8. The van der Waals surface area contributed by atoms with Crippen molar-refractivity contribution in [3.05, 3.63) is 72.3 Å². The Morgan fingerprint density at radius 1 is 1.23 bits per heavy atom. The van der Waals surface area contributed by atoms with E-state index < -0.39 is 17.4 Å².